The summed E-state index contributed by atoms with van der Waals surface area (Å²) in [5.74, 6) is 1.52. The average molecular weight is 350 g/mol. The number of benzene rings is 1. The lowest BCUT2D eigenvalue weighted by Crippen LogP contribution is -2.38. The van der Waals surface area contributed by atoms with Gasteiger partial charge in [0.1, 0.15) is 5.01 Å². The Kier molecular flexibility index (Phi) is 5.37. The molecule has 4 rings (SSSR count). The van der Waals surface area contributed by atoms with Gasteiger partial charge in [-0.1, -0.05) is 36.8 Å². The molecule has 23 heavy (non-hydrogen) atoms. The normalized spacial score (nSPS) is 27.4. The first-order valence-corrected chi connectivity index (χ1v) is 9.15. The molecule has 0 spiro atoms. The van der Waals surface area contributed by atoms with Gasteiger partial charge >= 0.3 is 0 Å². The number of rotatable bonds is 3. The molecule has 0 amide bonds. The van der Waals surface area contributed by atoms with Crippen LogP contribution in [0.3, 0.4) is 0 Å². The molecule has 2 N–H and O–H groups in total. The van der Waals surface area contributed by atoms with Crippen molar-refractivity contribution >= 4 is 23.7 Å². The Morgan fingerprint density at radius 2 is 2.00 bits per heavy atom. The van der Waals surface area contributed by atoms with Gasteiger partial charge in [0.05, 0.1) is 5.69 Å². The van der Waals surface area contributed by atoms with Gasteiger partial charge in [-0.25, -0.2) is 4.98 Å². The fraction of sp³-hybridized carbons (Fsp3) is 0.500. The first kappa shape index (κ1) is 16.9. The highest BCUT2D eigenvalue weighted by Gasteiger charge is 2.38. The Bertz CT molecular complexity index is 630. The van der Waals surface area contributed by atoms with Crippen LogP contribution < -0.4 is 5.73 Å². The minimum Gasteiger partial charge on any atom is -0.327 e. The molecule has 0 bridgehead atoms. The Hall–Kier alpha value is -0.940. The molecule has 2 fully saturated rings. The lowest BCUT2D eigenvalue weighted by molar-refractivity contribution is 0.259. The summed E-state index contributed by atoms with van der Waals surface area (Å²) < 4.78 is 0. The lowest BCUT2D eigenvalue weighted by Gasteiger charge is -2.29. The summed E-state index contributed by atoms with van der Waals surface area (Å²) in [6.45, 7) is 3.34. The maximum atomic E-state index is 6.32. The number of fused-ring (bicyclic) bond motifs is 1. The SMILES string of the molecule is Cl.NC1CCCC2CN(Cc3csc(-c4ccccc4)n3)CC12. The molecule has 1 aromatic carbocycles. The van der Waals surface area contributed by atoms with Crippen molar-refractivity contribution < 1.29 is 0 Å². The molecular weight excluding hydrogens is 326 g/mol. The fourth-order valence-corrected chi connectivity index (χ4v) is 4.88. The molecule has 1 aliphatic carbocycles. The molecule has 2 aromatic rings. The van der Waals surface area contributed by atoms with Gasteiger partial charge in [-0.05, 0) is 24.7 Å². The molecule has 3 nitrogen and oxygen atoms in total. The maximum Gasteiger partial charge on any atom is 0.123 e. The zero-order chi connectivity index (χ0) is 14.9. The van der Waals surface area contributed by atoms with E-state index in [2.05, 4.69) is 34.5 Å². The van der Waals surface area contributed by atoms with Crippen molar-refractivity contribution in [2.45, 2.75) is 31.8 Å². The van der Waals surface area contributed by atoms with Crippen LogP contribution in [0.2, 0.25) is 0 Å². The number of hydrogen-bond donors (Lipinski definition) is 1. The van der Waals surface area contributed by atoms with E-state index in [1.54, 1.807) is 11.3 Å². The summed E-state index contributed by atoms with van der Waals surface area (Å²) in [4.78, 5) is 7.39. The van der Waals surface area contributed by atoms with Gasteiger partial charge in [0.15, 0.2) is 0 Å². The van der Waals surface area contributed by atoms with Crippen molar-refractivity contribution in [1.29, 1.82) is 0 Å². The van der Waals surface area contributed by atoms with E-state index < -0.39 is 0 Å². The number of likely N-dealkylation sites (tertiary alicyclic amines) is 1. The molecule has 3 unspecified atom stereocenters. The Balaban J connectivity index is 0.00000156. The molecule has 1 aliphatic heterocycles. The molecular formula is C18H24ClN3S. The summed E-state index contributed by atoms with van der Waals surface area (Å²) in [6, 6.07) is 10.9. The number of nitrogens with two attached hydrogens (primary N) is 1. The van der Waals surface area contributed by atoms with Crippen LogP contribution in [0.1, 0.15) is 25.0 Å². The Morgan fingerprint density at radius 1 is 1.17 bits per heavy atom. The van der Waals surface area contributed by atoms with Crippen LogP contribution in [0.4, 0.5) is 0 Å². The second-order valence-corrected chi connectivity index (χ2v) is 7.58. The van der Waals surface area contributed by atoms with Crippen LogP contribution in [0, 0.1) is 11.8 Å². The number of halogens is 1. The number of aromatic nitrogens is 1. The third-order valence-corrected chi connectivity index (χ3v) is 6.13. The summed E-state index contributed by atoms with van der Waals surface area (Å²) in [5.41, 5.74) is 8.74. The first-order valence-electron chi connectivity index (χ1n) is 8.27. The quantitative estimate of drug-likeness (QED) is 0.916. The highest BCUT2D eigenvalue weighted by atomic mass is 35.5. The molecule has 2 heterocycles. The van der Waals surface area contributed by atoms with Gasteiger partial charge < -0.3 is 5.73 Å². The predicted molar refractivity (Wildman–Crippen MR) is 98.9 cm³/mol. The van der Waals surface area contributed by atoms with Gasteiger partial charge in [-0.3, -0.25) is 4.90 Å². The Labute approximate surface area is 148 Å². The summed E-state index contributed by atoms with van der Waals surface area (Å²) >= 11 is 1.75. The van der Waals surface area contributed by atoms with E-state index >= 15 is 0 Å². The summed E-state index contributed by atoms with van der Waals surface area (Å²) in [6.07, 6.45) is 3.89. The van der Waals surface area contributed by atoms with Crippen LogP contribution >= 0.6 is 23.7 Å². The van der Waals surface area contributed by atoms with Crippen LogP contribution in [0.25, 0.3) is 10.6 Å². The van der Waals surface area contributed by atoms with Crippen molar-refractivity contribution in [3.8, 4) is 10.6 Å². The van der Waals surface area contributed by atoms with E-state index in [0.717, 1.165) is 24.0 Å². The number of thiazole rings is 1. The van der Waals surface area contributed by atoms with E-state index in [0.29, 0.717) is 12.0 Å². The maximum absolute atomic E-state index is 6.32. The average Bonchev–Trinajstić information content (AvgIpc) is 3.16. The van der Waals surface area contributed by atoms with Gasteiger partial charge in [0, 0.05) is 36.6 Å². The third kappa shape index (κ3) is 3.61. The van der Waals surface area contributed by atoms with Crippen LogP contribution in [-0.2, 0) is 6.54 Å². The topological polar surface area (TPSA) is 42.1 Å². The van der Waals surface area contributed by atoms with Gasteiger partial charge in [-0.2, -0.15) is 0 Å². The van der Waals surface area contributed by atoms with Gasteiger partial charge in [0.2, 0.25) is 0 Å². The minimum absolute atomic E-state index is 0. The summed E-state index contributed by atoms with van der Waals surface area (Å²) in [7, 11) is 0. The van der Waals surface area contributed by atoms with Crippen LogP contribution in [-0.4, -0.2) is 29.0 Å². The lowest BCUT2D eigenvalue weighted by atomic mass is 9.78. The molecule has 2 aliphatic rings. The van der Waals surface area contributed by atoms with Crippen molar-refractivity contribution in [2.24, 2.45) is 17.6 Å². The second kappa shape index (κ2) is 7.31. The zero-order valence-corrected chi connectivity index (χ0v) is 14.9. The number of nitrogens with zero attached hydrogens (tertiary/aromatic N) is 2. The van der Waals surface area contributed by atoms with E-state index in [4.69, 9.17) is 10.7 Å². The van der Waals surface area contributed by atoms with Gasteiger partial charge in [0.25, 0.3) is 0 Å². The van der Waals surface area contributed by atoms with Crippen molar-refractivity contribution in [2.75, 3.05) is 13.1 Å². The van der Waals surface area contributed by atoms with Crippen LogP contribution in [0.15, 0.2) is 35.7 Å². The molecule has 3 atom stereocenters. The zero-order valence-electron chi connectivity index (χ0n) is 13.2. The third-order valence-electron chi connectivity index (χ3n) is 5.19. The molecule has 1 aromatic heterocycles. The molecule has 0 radical (unpaired) electrons. The highest BCUT2D eigenvalue weighted by molar-refractivity contribution is 7.13. The highest BCUT2D eigenvalue weighted by Crippen LogP contribution is 2.36. The standard InChI is InChI=1S/C18H23N3S.ClH/c19-17-8-4-7-14-9-21(11-16(14)17)10-15-12-22-18(20-15)13-5-2-1-3-6-13;/h1-3,5-6,12,14,16-17H,4,7-11,19H2;1H. The van der Waals surface area contributed by atoms with Crippen molar-refractivity contribution in [3.63, 3.8) is 0 Å². The molecule has 1 saturated carbocycles. The smallest absolute Gasteiger partial charge is 0.123 e. The molecule has 124 valence electrons. The second-order valence-electron chi connectivity index (χ2n) is 6.72. The monoisotopic (exact) mass is 349 g/mol. The fourth-order valence-electron chi connectivity index (χ4n) is 4.06. The van der Waals surface area contributed by atoms with E-state index in [1.807, 2.05) is 6.07 Å². The summed E-state index contributed by atoms with van der Waals surface area (Å²) in [5, 5.41) is 3.34. The first-order chi connectivity index (χ1) is 10.8. The predicted octanol–water partition coefficient (Wildman–Crippen LogP) is 3.79. The van der Waals surface area contributed by atoms with Crippen molar-refractivity contribution in [3.05, 3.63) is 41.4 Å². The largest absolute Gasteiger partial charge is 0.327 e. The molecule has 1 saturated heterocycles. The molecule has 5 heteroatoms. The van der Waals surface area contributed by atoms with Crippen LogP contribution in [0.5, 0.6) is 0 Å². The van der Waals surface area contributed by atoms with E-state index in [-0.39, 0.29) is 12.4 Å². The van der Waals surface area contributed by atoms with Gasteiger partial charge in [-0.15, -0.1) is 23.7 Å². The minimum atomic E-state index is 0. The van der Waals surface area contributed by atoms with Crippen molar-refractivity contribution in [1.82, 2.24) is 9.88 Å². The Morgan fingerprint density at radius 3 is 2.78 bits per heavy atom. The van der Waals surface area contributed by atoms with E-state index in [9.17, 15) is 0 Å². The number of hydrogen-bond acceptors (Lipinski definition) is 4. The van der Waals surface area contributed by atoms with E-state index in [1.165, 1.54) is 37.1 Å².